The van der Waals surface area contributed by atoms with E-state index in [4.69, 9.17) is 5.10 Å². The first-order valence-electron chi connectivity index (χ1n) is 10.2. The predicted molar refractivity (Wildman–Crippen MR) is 110 cm³/mol. The Bertz CT molecular complexity index is 899. The van der Waals surface area contributed by atoms with Crippen LogP contribution in [-0.2, 0) is 26.2 Å². The molecule has 2 aromatic heterocycles. The van der Waals surface area contributed by atoms with Crippen molar-refractivity contribution in [2.75, 3.05) is 33.7 Å². The highest BCUT2D eigenvalue weighted by molar-refractivity contribution is 5.23. The van der Waals surface area contributed by atoms with Gasteiger partial charge in [-0.2, -0.15) is 5.10 Å². The third kappa shape index (κ3) is 3.92. The zero-order valence-corrected chi connectivity index (χ0v) is 17.5. The summed E-state index contributed by atoms with van der Waals surface area (Å²) in [5.41, 5.74) is 5.24. The number of nitrogens with one attached hydrogen (secondary N) is 1. The van der Waals surface area contributed by atoms with Crippen molar-refractivity contribution in [3.63, 3.8) is 0 Å². The summed E-state index contributed by atoms with van der Waals surface area (Å²) in [7, 11) is 4.34. The maximum atomic E-state index is 12.2. The van der Waals surface area contributed by atoms with Crippen LogP contribution < -0.4 is 5.43 Å². The summed E-state index contributed by atoms with van der Waals surface area (Å²) in [6, 6.07) is 2.92. The Kier molecular flexibility index (Phi) is 5.40. The van der Waals surface area contributed by atoms with Gasteiger partial charge in [0.05, 0.1) is 17.9 Å². The van der Waals surface area contributed by atoms with Crippen molar-refractivity contribution >= 4 is 0 Å². The third-order valence-corrected chi connectivity index (χ3v) is 6.29. The minimum atomic E-state index is 0.153. The number of likely N-dealkylation sites (N-methyl/N-ethyl adjacent to an activating group) is 1. The van der Waals surface area contributed by atoms with E-state index in [2.05, 4.69) is 44.5 Å². The van der Waals surface area contributed by atoms with Gasteiger partial charge in [-0.3, -0.25) is 19.3 Å². The predicted octanol–water partition coefficient (Wildman–Crippen LogP) is 1.34. The second kappa shape index (κ2) is 7.81. The lowest BCUT2D eigenvalue weighted by Crippen LogP contribution is -2.34. The molecule has 0 unspecified atom stereocenters. The van der Waals surface area contributed by atoms with Gasteiger partial charge in [0.2, 0.25) is 0 Å². The monoisotopic (exact) mass is 384 g/mol. The Morgan fingerprint density at radius 3 is 2.75 bits per heavy atom. The molecule has 0 bridgehead atoms. The fraction of sp³-hybridized carbons (Fsp3) is 0.619. The van der Waals surface area contributed by atoms with Crippen LogP contribution in [0.4, 0.5) is 0 Å². The number of pyridine rings is 1. The zero-order valence-electron chi connectivity index (χ0n) is 17.5. The van der Waals surface area contributed by atoms with E-state index in [1.807, 2.05) is 20.0 Å². The van der Waals surface area contributed by atoms with Crippen LogP contribution in [0.2, 0.25) is 0 Å². The van der Waals surface area contributed by atoms with E-state index in [0.717, 1.165) is 62.6 Å². The second-order valence-corrected chi connectivity index (χ2v) is 8.61. The van der Waals surface area contributed by atoms with Crippen LogP contribution in [-0.4, -0.2) is 69.2 Å². The number of fused-ring (bicyclic) bond motifs is 1. The van der Waals surface area contributed by atoms with Crippen LogP contribution in [0.25, 0.3) is 0 Å². The maximum absolute atomic E-state index is 12.2. The van der Waals surface area contributed by atoms with Crippen molar-refractivity contribution in [1.29, 1.82) is 0 Å². The molecular weight excluding hydrogens is 352 g/mol. The number of hydrogen-bond donors (Lipinski definition) is 1. The first-order chi connectivity index (χ1) is 13.4. The molecule has 2 aromatic rings. The Hall–Kier alpha value is -1.96. The Labute approximate surface area is 166 Å². The molecular formula is C21H32N6O. The second-order valence-electron chi connectivity index (χ2n) is 8.61. The fourth-order valence-corrected chi connectivity index (χ4v) is 4.39. The van der Waals surface area contributed by atoms with E-state index in [1.165, 1.54) is 17.8 Å². The normalized spacial score (nSPS) is 20.8. The van der Waals surface area contributed by atoms with Crippen LogP contribution in [0.5, 0.6) is 0 Å². The van der Waals surface area contributed by atoms with Gasteiger partial charge >= 0.3 is 0 Å². The number of aromatic nitrogens is 3. The van der Waals surface area contributed by atoms with Gasteiger partial charge in [-0.1, -0.05) is 0 Å². The number of rotatable bonds is 5. The fourth-order valence-electron chi connectivity index (χ4n) is 4.39. The summed E-state index contributed by atoms with van der Waals surface area (Å²) in [4.78, 5) is 22.7. The molecule has 0 saturated carbocycles. The molecule has 0 aliphatic carbocycles. The van der Waals surface area contributed by atoms with E-state index in [9.17, 15) is 4.79 Å². The van der Waals surface area contributed by atoms with E-state index >= 15 is 0 Å². The molecule has 2 aliphatic rings. The highest BCUT2D eigenvalue weighted by Crippen LogP contribution is 2.20. The van der Waals surface area contributed by atoms with Gasteiger partial charge in [0.25, 0.3) is 0 Å². The smallest absolute Gasteiger partial charge is 0.187 e. The molecule has 4 rings (SSSR count). The van der Waals surface area contributed by atoms with Gasteiger partial charge in [-0.15, -0.1) is 0 Å². The molecule has 0 amide bonds. The van der Waals surface area contributed by atoms with Crippen molar-refractivity contribution in [2.24, 2.45) is 0 Å². The summed E-state index contributed by atoms with van der Waals surface area (Å²) >= 11 is 0. The molecule has 1 saturated heterocycles. The van der Waals surface area contributed by atoms with Crippen LogP contribution in [0.3, 0.4) is 0 Å². The lowest BCUT2D eigenvalue weighted by atomic mass is 10.1. The average Bonchev–Trinajstić information content (AvgIpc) is 3.28. The van der Waals surface area contributed by atoms with E-state index in [1.54, 1.807) is 0 Å². The molecule has 0 radical (unpaired) electrons. The van der Waals surface area contributed by atoms with Gasteiger partial charge in [-0.25, -0.2) is 0 Å². The van der Waals surface area contributed by atoms with Crippen LogP contribution in [0, 0.1) is 13.8 Å². The molecule has 28 heavy (non-hydrogen) atoms. The first-order valence-corrected chi connectivity index (χ1v) is 10.2. The van der Waals surface area contributed by atoms with Crippen LogP contribution in [0.1, 0.15) is 34.6 Å². The SMILES string of the molecule is Cc1c[nH]c(CN2CCn3nc(CN4CC[C@H](N(C)C)C4)cc3C2)c(C)c1=O. The lowest BCUT2D eigenvalue weighted by Gasteiger charge is -2.27. The molecule has 1 fully saturated rings. The van der Waals surface area contributed by atoms with Crippen LogP contribution >= 0.6 is 0 Å². The van der Waals surface area contributed by atoms with Gasteiger partial charge in [0, 0.05) is 68.3 Å². The Balaban J connectivity index is 1.40. The number of H-pyrrole nitrogens is 1. The molecule has 0 aromatic carbocycles. The molecule has 7 heteroatoms. The molecule has 0 spiro atoms. The summed E-state index contributed by atoms with van der Waals surface area (Å²) in [6.07, 6.45) is 3.07. The number of nitrogens with zero attached hydrogens (tertiary/aromatic N) is 5. The van der Waals surface area contributed by atoms with Crippen molar-refractivity contribution in [2.45, 2.75) is 52.5 Å². The molecule has 1 atom stereocenters. The number of aryl methyl sites for hydroxylation is 1. The molecule has 1 N–H and O–H groups in total. The van der Waals surface area contributed by atoms with Gasteiger partial charge in [0.15, 0.2) is 5.43 Å². The van der Waals surface area contributed by atoms with Crippen molar-refractivity contribution in [3.05, 3.63) is 50.7 Å². The van der Waals surface area contributed by atoms with Crippen molar-refractivity contribution in [3.8, 4) is 0 Å². The van der Waals surface area contributed by atoms with E-state index in [0.29, 0.717) is 6.04 Å². The molecule has 4 heterocycles. The standard InChI is InChI=1S/C21H32N6O/c1-15-10-22-20(16(2)21(15)28)14-26-7-8-27-19(13-26)9-17(23-27)11-25-6-5-18(12-25)24(3)4/h9-10,18H,5-8,11-14H2,1-4H3,(H,22,28)/t18-/m0/s1. The minimum Gasteiger partial charge on any atom is -0.363 e. The molecule has 152 valence electrons. The summed E-state index contributed by atoms with van der Waals surface area (Å²) in [5, 5.41) is 4.85. The van der Waals surface area contributed by atoms with Crippen molar-refractivity contribution in [1.82, 2.24) is 29.5 Å². The topological polar surface area (TPSA) is 60.4 Å². The Morgan fingerprint density at radius 1 is 1.18 bits per heavy atom. The quantitative estimate of drug-likeness (QED) is 0.843. The number of likely N-dealkylation sites (tertiary alicyclic amines) is 1. The van der Waals surface area contributed by atoms with E-state index in [-0.39, 0.29) is 5.43 Å². The zero-order chi connectivity index (χ0) is 19.8. The van der Waals surface area contributed by atoms with Crippen LogP contribution in [0.15, 0.2) is 17.1 Å². The highest BCUT2D eigenvalue weighted by atomic mass is 16.1. The molecule has 2 aliphatic heterocycles. The Morgan fingerprint density at radius 2 is 2.00 bits per heavy atom. The summed E-state index contributed by atoms with van der Waals surface area (Å²) < 4.78 is 2.16. The maximum Gasteiger partial charge on any atom is 0.187 e. The summed E-state index contributed by atoms with van der Waals surface area (Å²) in [6.45, 7) is 10.5. The highest BCUT2D eigenvalue weighted by Gasteiger charge is 2.25. The number of aromatic amines is 1. The third-order valence-electron chi connectivity index (χ3n) is 6.29. The van der Waals surface area contributed by atoms with Gasteiger partial charge in [-0.05, 0) is 40.4 Å². The number of hydrogen-bond acceptors (Lipinski definition) is 5. The van der Waals surface area contributed by atoms with Crippen molar-refractivity contribution < 1.29 is 0 Å². The summed E-state index contributed by atoms with van der Waals surface area (Å²) in [5.74, 6) is 0. The largest absolute Gasteiger partial charge is 0.363 e. The van der Waals surface area contributed by atoms with Gasteiger partial charge < -0.3 is 9.88 Å². The molecule has 7 nitrogen and oxygen atoms in total. The average molecular weight is 385 g/mol. The minimum absolute atomic E-state index is 0.153. The van der Waals surface area contributed by atoms with E-state index < -0.39 is 0 Å². The lowest BCUT2D eigenvalue weighted by molar-refractivity contribution is 0.202. The first kappa shape index (κ1) is 19.4. The van der Waals surface area contributed by atoms with Gasteiger partial charge in [0.1, 0.15) is 0 Å².